The number of nitrogens with one attached hydrogen (secondary N) is 1. The van der Waals surface area contributed by atoms with Crippen molar-refractivity contribution in [2.24, 2.45) is 5.73 Å². The molecule has 0 spiro atoms. The summed E-state index contributed by atoms with van der Waals surface area (Å²) in [5, 5.41) is 0.219. The van der Waals surface area contributed by atoms with Gasteiger partial charge in [0.2, 0.25) is 10.0 Å². The van der Waals surface area contributed by atoms with Crippen molar-refractivity contribution < 1.29 is 13.2 Å². The fourth-order valence-corrected chi connectivity index (χ4v) is 4.11. The maximum Gasteiger partial charge on any atom is 0.242 e. The van der Waals surface area contributed by atoms with Crippen molar-refractivity contribution in [3.63, 3.8) is 0 Å². The van der Waals surface area contributed by atoms with Crippen molar-refractivity contribution in [2.75, 3.05) is 13.7 Å². The van der Waals surface area contributed by atoms with Gasteiger partial charge in [0.25, 0.3) is 0 Å². The minimum atomic E-state index is -3.73. The Morgan fingerprint density at radius 3 is 2.45 bits per heavy atom. The summed E-state index contributed by atoms with van der Waals surface area (Å²) in [4.78, 5) is 0.0415. The lowest BCUT2D eigenvalue weighted by atomic mass is 10.1. The average Bonchev–Trinajstić information content (AvgIpc) is 2.30. The fourth-order valence-electron chi connectivity index (χ4n) is 1.33. The molecule has 1 rings (SSSR count). The number of halogens is 3. The number of sulfonamides is 1. The summed E-state index contributed by atoms with van der Waals surface area (Å²) < 4.78 is 32.5. The van der Waals surface area contributed by atoms with Gasteiger partial charge in [-0.05, 0) is 41.9 Å². The van der Waals surface area contributed by atoms with Crippen LogP contribution >= 0.6 is 39.9 Å². The molecule has 0 unspecified atom stereocenters. The number of ether oxygens (including phenoxy) is 1. The molecule has 0 aliphatic rings. The molecule has 0 bridgehead atoms. The van der Waals surface area contributed by atoms with E-state index in [2.05, 4.69) is 20.7 Å². The first kappa shape index (κ1) is 19.9. The van der Waals surface area contributed by atoms with Crippen LogP contribution in [-0.4, -0.2) is 27.6 Å². The molecule has 1 aromatic rings. The van der Waals surface area contributed by atoms with Gasteiger partial charge in [-0.25, -0.2) is 13.1 Å². The predicted octanol–water partition coefficient (Wildman–Crippen LogP) is 2.55. The number of nitrogens with two attached hydrogens (primary N) is 1. The van der Waals surface area contributed by atoms with Crippen LogP contribution in [0.25, 0.3) is 0 Å². The predicted molar refractivity (Wildman–Crippen MR) is 86.4 cm³/mol. The highest BCUT2D eigenvalue weighted by Crippen LogP contribution is 2.33. The van der Waals surface area contributed by atoms with Crippen LogP contribution in [0, 0.1) is 0 Å². The van der Waals surface area contributed by atoms with E-state index in [1.807, 2.05) is 0 Å². The molecule has 3 N–H and O–H groups in total. The molecular formula is C11H17BrCl2N2O3S. The van der Waals surface area contributed by atoms with Crippen LogP contribution < -0.4 is 15.2 Å². The Hall–Kier alpha value is -0.0500. The van der Waals surface area contributed by atoms with E-state index in [4.69, 9.17) is 22.1 Å². The summed E-state index contributed by atoms with van der Waals surface area (Å²) in [5.41, 5.74) is 4.78. The summed E-state index contributed by atoms with van der Waals surface area (Å²) in [6, 6.07) is 2.84. The molecule has 0 aliphatic carbocycles. The second-order valence-electron chi connectivity index (χ2n) is 4.61. The Bertz CT molecular complexity index is 579. The highest BCUT2D eigenvalue weighted by molar-refractivity contribution is 9.10. The van der Waals surface area contributed by atoms with Crippen molar-refractivity contribution >= 4 is 50.0 Å². The van der Waals surface area contributed by atoms with Gasteiger partial charge in [-0.1, -0.05) is 11.6 Å². The monoisotopic (exact) mass is 406 g/mol. The van der Waals surface area contributed by atoms with Crippen molar-refractivity contribution in [3.8, 4) is 5.75 Å². The second kappa shape index (κ2) is 7.29. The summed E-state index contributed by atoms with van der Waals surface area (Å²) >= 11 is 9.15. The Morgan fingerprint density at radius 2 is 2.00 bits per heavy atom. The van der Waals surface area contributed by atoms with E-state index in [1.165, 1.54) is 19.2 Å². The molecule has 0 aliphatic heterocycles. The summed E-state index contributed by atoms with van der Waals surface area (Å²) in [7, 11) is -2.27. The van der Waals surface area contributed by atoms with Gasteiger partial charge in [0.15, 0.2) is 0 Å². The smallest absolute Gasteiger partial charge is 0.242 e. The van der Waals surface area contributed by atoms with Gasteiger partial charge in [0.05, 0.1) is 17.0 Å². The van der Waals surface area contributed by atoms with E-state index < -0.39 is 15.6 Å². The lowest BCUT2D eigenvalue weighted by Crippen LogP contribution is -2.48. The quantitative estimate of drug-likeness (QED) is 0.785. The molecule has 0 fully saturated rings. The van der Waals surface area contributed by atoms with Crippen molar-refractivity contribution in [1.29, 1.82) is 0 Å². The Morgan fingerprint density at radius 1 is 1.45 bits per heavy atom. The van der Waals surface area contributed by atoms with E-state index in [9.17, 15) is 8.42 Å². The van der Waals surface area contributed by atoms with Crippen LogP contribution in [0.2, 0.25) is 5.02 Å². The maximum absolute atomic E-state index is 12.3. The average molecular weight is 408 g/mol. The van der Waals surface area contributed by atoms with Gasteiger partial charge >= 0.3 is 0 Å². The molecule has 1 aromatic carbocycles. The minimum absolute atomic E-state index is 0. The lowest BCUT2D eigenvalue weighted by Gasteiger charge is -2.24. The van der Waals surface area contributed by atoms with Crippen molar-refractivity contribution in [2.45, 2.75) is 24.3 Å². The molecule has 0 radical (unpaired) electrons. The Kier molecular flexibility index (Phi) is 7.27. The lowest BCUT2D eigenvalue weighted by molar-refractivity contribution is 0.414. The number of benzene rings is 1. The molecule has 5 nitrogen and oxygen atoms in total. The van der Waals surface area contributed by atoms with Gasteiger partial charge in [-0.15, -0.1) is 12.4 Å². The third kappa shape index (κ3) is 4.75. The fraction of sp³-hybridized carbons (Fsp3) is 0.455. The van der Waals surface area contributed by atoms with Gasteiger partial charge < -0.3 is 10.5 Å². The topological polar surface area (TPSA) is 81.4 Å². The molecule has 0 saturated carbocycles. The molecule has 0 amide bonds. The van der Waals surface area contributed by atoms with Gasteiger partial charge in [0, 0.05) is 16.6 Å². The van der Waals surface area contributed by atoms with Crippen LogP contribution in [0.15, 0.2) is 21.5 Å². The summed E-state index contributed by atoms with van der Waals surface area (Å²) in [5.74, 6) is 0.394. The maximum atomic E-state index is 12.3. The summed E-state index contributed by atoms with van der Waals surface area (Å²) in [6.07, 6.45) is 0. The third-order valence-corrected chi connectivity index (χ3v) is 5.37. The number of methoxy groups -OCH3 is 1. The van der Waals surface area contributed by atoms with Crippen LogP contribution in [0.4, 0.5) is 0 Å². The molecule has 9 heteroatoms. The second-order valence-corrected chi connectivity index (χ2v) is 7.52. The van der Waals surface area contributed by atoms with Gasteiger partial charge in [0.1, 0.15) is 5.75 Å². The van der Waals surface area contributed by atoms with Crippen LogP contribution in [0.5, 0.6) is 5.75 Å². The Balaban J connectivity index is 0.00000361. The molecule has 0 heterocycles. The molecular weight excluding hydrogens is 391 g/mol. The van der Waals surface area contributed by atoms with E-state index in [-0.39, 0.29) is 28.9 Å². The number of rotatable bonds is 5. The van der Waals surface area contributed by atoms with E-state index in [0.29, 0.717) is 10.2 Å². The molecule has 0 atom stereocenters. The van der Waals surface area contributed by atoms with Crippen LogP contribution in [0.3, 0.4) is 0 Å². The summed E-state index contributed by atoms with van der Waals surface area (Å²) in [6.45, 7) is 3.57. The minimum Gasteiger partial charge on any atom is -0.495 e. The molecule has 0 aromatic heterocycles. The van der Waals surface area contributed by atoms with Crippen molar-refractivity contribution in [1.82, 2.24) is 4.72 Å². The highest BCUT2D eigenvalue weighted by Gasteiger charge is 2.27. The largest absolute Gasteiger partial charge is 0.495 e. The van der Waals surface area contributed by atoms with Crippen LogP contribution in [0.1, 0.15) is 13.8 Å². The zero-order valence-corrected chi connectivity index (χ0v) is 15.2. The first-order valence-corrected chi connectivity index (χ1v) is 8.05. The Labute approximate surface area is 138 Å². The highest BCUT2D eigenvalue weighted by atomic mass is 79.9. The first-order valence-electron chi connectivity index (χ1n) is 5.40. The molecule has 20 heavy (non-hydrogen) atoms. The van der Waals surface area contributed by atoms with Gasteiger partial charge in [-0.2, -0.15) is 0 Å². The van der Waals surface area contributed by atoms with E-state index in [0.717, 1.165) is 0 Å². The number of hydrogen-bond donors (Lipinski definition) is 2. The van der Waals surface area contributed by atoms with E-state index >= 15 is 0 Å². The van der Waals surface area contributed by atoms with E-state index in [1.54, 1.807) is 13.8 Å². The standard InChI is InChI=1S/C11H16BrClN2O3S.ClH/c1-11(2,6-14)15-19(16,17)10-5-8(13)9(18-3)4-7(10)12;/h4-5,15H,6,14H2,1-3H3;1H. The zero-order valence-electron chi connectivity index (χ0n) is 11.2. The normalized spacial score (nSPS) is 11.9. The zero-order chi connectivity index (χ0) is 14.8. The van der Waals surface area contributed by atoms with Crippen LogP contribution in [-0.2, 0) is 10.0 Å². The van der Waals surface area contributed by atoms with Crippen molar-refractivity contribution in [3.05, 3.63) is 21.6 Å². The SMILES string of the molecule is COc1cc(Br)c(S(=O)(=O)NC(C)(C)CN)cc1Cl.Cl. The third-order valence-electron chi connectivity index (χ3n) is 2.42. The molecule has 0 saturated heterocycles. The molecule has 116 valence electrons. The van der Waals surface area contributed by atoms with Gasteiger partial charge in [-0.3, -0.25) is 0 Å². The first-order chi connectivity index (χ1) is 8.63. The number of hydrogen-bond acceptors (Lipinski definition) is 4.